The van der Waals surface area contributed by atoms with Gasteiger partial charge in [-0.05, 0) is 44.2 Å². The first-order valence-electron chi connectivity index (χ1n) is 6.67. The van der Waals surface area contributed by atoms with Crippen molar-refractivity contribution < 1.29 is 9.66 Å². The van der Waals surface area contributed by atoms with Gasteiger partial charge in [-0.25, -0.2) is 0 Å². The van der Waals surface area contributed by atoms with Crippen molar-refractivity contribution in [1.29, 1.82) is 0 Å². The average molecular weight is 264 g/mol. The molecule has 1 aromatic carbocycles. The molecule has 5 nitrogen and oxygen atoms in total. The smallest absolute Gasteiger partial charge is 0.292 e. The van der Waals surface area contributed by atoms with Gasteiger partial charge in [-0.1, -0.05) is 6.07 Å². The van der Waals surface area contributed by atoms with Gasteiger partial charge in [0.2, 0.25) is 0 Å². The zero-order valence-corrected chi connectivity index (χ0v) is 11.4. The van der Waals surface area contributed by atoms with Crippen molar-refractivity contribution in [3.8, 4) is 0 Å². The molecule has 0 saturated carbocycles. The van der Waals surface area contributed by atoms with E-state index in [1.54, 1.807) is 12.1 Å². The van der Waals surface area contributed by atoms with Crippen LogP contribution < -0.4 is 5.32 Å². The summed E-state index contributed by atoms with van der Waals surface area (Å²) in [5.41, 5.74) is 1.78. The molecule has 1 atom stereocenters. The van der Waals surface area contributed by atoms with Crippen molar-refractivity contribution in [2.24, 2.45) is 5.92 Å². The molecule has 0 spiro atoms. The number of nitrogens with zero attached hydrogens (tertiary/aromatic N) is 1. The molecule has 0 bridgehead atoms. The molecule has 0 radical (unpaired) electrons. The molecule has 1 unspecified atom stereocenters. The van der Waals surface area contributed by atoms with E-state index in [4.69, 9.17) is 4.74 Å². The molecule has 0 aliphatic carbocycles. The van der Waals surface area contributed by atoms with E-state index in [-0.39, 0.29) is 16.7 Å². The topological polar surface area (TPSA) is 64.4 Å². The number of nitrogens with one attached hydrogen (secondary N) is 1. The van der Waals surface area contributed by atoms with Crippen LogP contribution in [0.25, 0.3) is 0 Å². The summed E-state index contributed by atoms with van der Waals surface area (Å²) in [7, 11) is 0. The van der Waals surface area contributed by atoms with Gasteiger partial charge in [0.25, 0.3) is 5.69 Å². The van der Waals surface area contributed by atoms with E-state index in [1.165, 1.54) is 0 Å². The summed E-state index contributed by atoms with van der Waals surface area (Å²) >= 11 is 0. The van der Waals surface area contributed by atoms with Crippen molar-refractivity contribution in [1.82, 2.24) is 0 Å². The number of anilines is 1. The van der Waals surface area contributed by atoms with E-state index in [0.29, 0.717) is 11.6 Å². The van der Waals surface area contributed by atoms with Gasteiger partial charge < -0.3 is 10.1 Å². The van der Waals surface area contributed by atoms with E-state index in [1.807, 2.05) is 13.0 Å². The van der Waals surface area contributed by atoms with Crippen LogP contribution in [0.1, 0.15) is 25.3 Å². The van der Waals surface area contributed by atoms with Crippen molar-refractivity contribution in [3.63, 3.8) is 0 Å². The SMILES string of the molecule is Cc1ccc([N+](=O)[O-])c(NC(C)C2CCOCC2)c1. The maximum Gasteiger partial charge on any atom is 0.292 e. The molecule has 0 aromatic heterocycles. The first kappa shape index (κ1) is 13.8. The molecule has 5 heteroatoms. The van der Waals surface area contributed by atoms with Crippen LogP contribution in [0, 0.1) is 23.0 Å². The maximum absolute atomic E-state index is 11.0. The van der Waals surface area contributed by atoms with Crippen molar-refractivity contribution in [3.05, 3.63) is 33.9 Å². The summed E-state index contributed by atoms with van der Waals surface area (Å²) in [6, 6.07) is 5.38. The highest BCUT2D eigenvalue weighted by Gasteiger charge is 2.23. The Balaban J connectivity index is 2.12. The molecule has 1 saturated heterocycles. The summed E-state index contributed by atoms with van der Waals surface area (Å²) < 4.78 is 5.35. The lowest BCUT2D eigenvalue weighted by atomic mass is 9.92. The Morgan fingerprint density at radius 2 is 2.11 bits per heavy atom. The Bertz CT molecular complexity index is 456. The quantitative estimate of drug-likeness (QED) is 0.670. The largest absolute Gasteiger partial charge is 0.381 e. The fraction of sp³-hybridized carbons (Fsp3) is 0.571. The van der Waals surface area contributed by atoms with E-state index in [9.17, 15) is 10.1 Å². The molecule has 1 aliphatic rings. The summed E-state index contributed by atoms with van der Waals surface area (Å²) in [6.07, 6.45) is 2.02. The highest BCUT2D eigenvalue weighted by molar-refractivity contribution is 5.63. The fourth-order valence-electron chi connectivity index (χ4n) is 2.50. The third kappa shape index (κ3) is 3.44. The molecule has 2 rings (SSSR count). The Morgan fingerprint density at radius 3 is 2.74 bits per heavy atom. The van der Waals surface area contributed by atoms with E-state index in [0.717, 1.165) is 31.6 Å². The summed E-state index contributed by atoms with van der Waals surface area (Å²) in [5, 5.41) is 14.3. The van der Waals surface area contributed by atoms with Crippen molar-refractivity contribution in [2.45, 2.75) is 32.7 Å². The van der Waals surface area contributed by atoms with Gasteiger partial charge >= 0.3 is 0 Å². The number of rotatable bonds is 4. The molecular formula is C14H20N2O3. The Labute approximate surface area is 113 Å². The lowest BCUT2D eigenvalue weighted by molar-refractivity contribution is -0.384. The molecule has 1 aromatic rings. The van der Waals surface area contributed by atoms with Gasteiger partial charge in [-0.3, -0.25) is 10.1 Å². The van der Waals surface area contributed by atoms with Crippen LogP contribution in [0.3, 0.4) is 0 Å². The second kappa shape index (κ2) is 6.02. The number of aryl methyl sites for hydroxylation is 1. The van der Waals surface area contributed by atoms with E-state index < -0.39 is 0 Å². The number of hydrogen-bond acceptors (Lipinski definition) is 4. The normalized spacial score (nSPS) is 18.0. The van der Waals surface area contributed by atoms with Gasteiger partial charge in [0.05, 0.1) is 4.92 Å². The molecule has 0 amide bonds. The van der Waals surface area contributed by atoms with Crippen LogP contribution in [0.2, 0.25) is 0 Å². The van der Waals surface area contributed by atoms with Crippen LogP contribution in [-0.4, -0.2) is 24.2 Å². The molecule has 1 fully saturated rings. The monoisotopic (exact) mass is 264 g/mol. The molecular weight excluding hydrogens is 244 g/mol. The fourth-order valence-corrected chi connectivity index (χ4v) is 2.50. The zero-order chi connectivity index (χ0) is 13.8. The molecule has 104 valence electrons. The Morgan fingerprint density at radius 1 is 1.42 bits per heavy atom. The minimum absolute atomic E-state index is 0.143. The second-order valence-electron chi connectivity index (χ2n) is 5.16. The predicted molar refractivity (Wildman–Crippen MR) is 74.5 cm³/mol. The van der Waals surface area contributed by atoms with Crippen LogP contribution in [0.15, 0.2) is 18.2 Å². The highest BCUT2D eigenvalue weighted by atomic mass is 16.6. The third-order valence-electron chi connectivity index (χ3n) is 3.70. The minimum Gasteiger partial charge on any atom is -0.381 e. The lowest BCUT2D eigenvalue weighted by Gasteiger charge is -2.29. The maximum atomic E-state index is 11.0. The van der Waals surface area contributed by atoms with Crippen molar-refractivity contribution >= 4 is 11.4 Å². The zero-order valence-electron chi connectivity index (χ0n) is 11.4. The third-order valence-corrected chi connectivity index (χ3v) is 3.70. The summed E-state index contributed by atoms with van der Waals surface area (Å²) in [5.74, 6) is 0.508. The van der Waals surface area contributed by atoms with Crippen LogP contribution in [0.4, 0.5) is 11.4 Å². The van der Waals surface area contributed by atoms with Gasteiger partial charge in [0, 0.05) is 25.3 Å². The second-order valence-corrected chi connectivity index (χ2v) is 5.16. The molecule has 1 aliphatic heterocycles. The van der Waals surface area contributed by atoms with Gasteiger partial charge in [-0.2, -0.15) is 0 Å². The number of ether oxygens (including phenoxy) is 1. The lowest BCUT2D eigenvalue weighted by Crippen LogP contribution is -2.31. The van der Waals surface area contributed by atoms with E-state index >= 15 is 0 Å². The average Bonchev–Trinajstić information content (AvgIpc) is 2.39. The van der Waals surface area contributed by atoms with Crippen LogP contribution >= 0.6 is 0 Å². The van der Waals surface area contributed by atoms with Gasteiger partial charge in [-0.15, -0.1) is 0 Å². The number of nitro benzene ring substituents is 1. The number of hydrogen-bond donors (Lipinski definition) is 1. The molecule has 1 heterocycles. The predicted octanol–water partition coefficient (Wildman–Crippen LogP) is 3.13. The Kier molecular flexibility index (Phi) is 4.37. The molecule has 19 heavy (non-hydrogen) atoms. The first-order chi connectivity index (χ1) is 9.08. The molecule has 1 N–H and O–H groups in total. The Hall–Kier alpha value is -1.62. The van der Waals surface area contributed by atoms with E-state index in [2.05, 4.69) is 12.2 Å². The first-order valence-corrected chi connectivity index (χ1v) is 6.67. The summed E-state index contributed by atoms with van der Waals surface area (Å²) in [6.45, 7) is 5.59. The van der Waals surface area contributed by atoms with Gasteiger partial charge in [0.15, 0.2) is 0 Å². The highest BCUT2D eigenvalue weighted by Crippen LogP contribution is 2.28. The number of nitro groups is 1. The van der Waals surface area contributed by atoms with Crippen LogP contribution in [-0.2, 0) is 4.74 Å². The van der Waals surface area contributed by atoms with Crippen molar-refractivity contribution in [2.75, 3.05) is 18.5 Å². The van der Waals surface area contributed by atoms with Gasteiger partial charge in [0.1, 0.15) is 5.69 Å². The summed E-state index contributed by atoms with van der Waals surface area (Å²) in [4.78, 5) is 10.7. The number of benzene rings is 1. The standard InChI is InChI=1S/C14H20N2O3/c1-10-3-4-14(16(17)18)13(9-10)15-11(2)12-5-7-19-8-6-12/h3-4,9,11-12,15H,5-8H2,1-2H3. The minimum atomic E-state index is -0.335. The van der Waals surface area contributed by atoms with Crippen LogP contribution in [0.5, 0.6) is 0 Å².